The van der Waals surface area contributed by atoms with Crippen molar-refractivity contribution in [3.63, 3.8) is 0 Å². The van der Waals surface area contributed by atoms with Crippen LogP contribution in [0.5, 0.6) is 0 Å². The summed E-state index contributed by atoms with van der Waals surface area (Å²) in [5, 5.41) is 0. The monoisotopic (exact) mass is 226 g/mol. The maximum Gasteiger partial charge on any atom is 0.330 e. The highest BCUT2D eigenvalue weighted by atomic mass is 16.5. The van der Waals surface area contributed by atoms with E-state index in [1.165, 1.54) is 11.7 Å². The number of methoxy groups -OCH3 is 1. The number of ether oxygens (including phenoxy) is 1. The van der Waals surface area contributed by atoms with Gasteiger partial charge in [0.2, 0.25) is 0 Å². The van der Waals surface area contributed by atoms with E-state index in [0.29, 0.717) is 17.9 Å². The first-order chi connectivity index (χ1) is 7.58. The van der Waals surface area contributed by atoms with Crippen molar-refractivity contribution in [2.24, 2.45) is 5.92 Å². The fourth-order valence-corrected chi connectivity index (χ4v) is 1.45. The Hall–Kier alpha value is -1.36. The minimum absolute atomic E-state index is 0.156. The van der Waals surface area contributed by atoms with Crippen molar-refractivity contribution >= 4 is 0 Å². The summed E-state index contributed by atoms with van der Waals surface area (Å²) in [5.41, 5.74) is -0.0941. The lowest BCUT2D eigenvalue weighted by atomic mass is 10.0. The molecule has 1 rings (SSSR count). The summed E-state index contributed by atoms with van der Waals surface area (Å²) >= 11 is 0. The third kappa shape index (κ3) is 3.06. The first kappa shape index (κ1) is 12.7. The summed E-state index contributed by atoms with van der Waals surface area (Å²) in [6, 6.07) is 0. The van der Waals surface area contributed by atoms with Crippen molar-refractivity contribution in [3.8, 4) is 0 Å². The molecule has 0 saturated heterocycles. The molecule has 0 bridgehead atoms. The van der Waals surface area contributed by atoms with Gasteiger partial charge in [-0.3, -0.25) is 14.3 Å². The second kappa shape index (κ2) is 5.65. The molecule has 1 aromatic heterocycles. The van der Waals surface area contributed by atoms with Crippen molar-refractivity contribution in [1.82, 2.24) is 9.55 Å². The van der Waals surface area contributed by atoms with Crippen molar-refractivity contribution < 1.29 is 4.74 Å². The van der Waals surface area contributed by atoms with Crippen LogP contribution in [0.3, 0.4) is 0 Å². The predicted molar refractivity (Wildman–Crippen MR) is 61.5 cm³/mol. The summed E-state index contributed by atoms with van der Waals surface area (Å²) < 4.78 is 6.24. The van der Waals surface area contributed by atoms with Gasteiger partial charge in [-0.1, -0.05) is 20.3 Å². The molecule has 0 aliphatic heterocycles. The van der Waals surface area contributed by atoms with Crippen LogP contribution in [0.2, 0.25) is 0 Å². The van der Waals surface area contributed by atoms with E-state index in [1.807, 2.05) is 0 Å². The van der Waals surface area contributed by atoms with E-state index < -0.39 is 5.69 Å². The van der Waals surface area contributed by atoms with Gasteiger partial charge in [-0.15, -0.1) is 0 Å². The predicted octanol–water partition coefficient (Wildman–Crippen LogP) is 0.729. The number of aromatic amines is 1. The molecular weight excluding hydrogens is 208 g/mol. The van der Waals surface area contributed by atoms with E-state index in [4.69, 9.17) is 4.74 Å². The third-order valence-electron chi connectivity index (χ3n) is 2.62. The molecule has 1 N–H and O–H groups in total. The molecule has 1 heterocycles. The zero-order valence-electron chi connectivity index (χ0n) is 9.95. The van der Waals surface area contributed by atoms with Gasteiger partial charge < -0.3 is 4.74 Å². The Morgan fingerprint density at radius 1 is 1.50 bits per heavy atom. The van der Waals surface area contributed by atoms with E-state index in [-0.39, 0.29) is 12.3 Å². The number of H-pyrrole nitrogens is 1. The standard InChI is InChI=1S/C11H18N2O3/c1-4-8(2)5-9-6-13(7-16-3)11(15)12-10(9)14/h6,8H,4-5,7H2,1-3H3,(H,12,14,15). The van der Waals surface area contributed by atoms with Gasteiger partial charge in [0.1, 0.15) is 6.73 Å². The minimum Gasteiger partial charge on any atom is -0.364 e. The SMILES string of the molecule is CCC(C)Cc1cn(COC)c(=O)[nH]c1=O. The van der Waals surface area contributed by atoms with Crippen molar-refractivity contribution in [3.05, 3.63) is 32.6 Å². The molecule has 1 unspecified atom stereocenters. The number of rotatable bonds is 5. The van der Waals surface area contributed by atoms with Crippen LogP contribution in [0, 0.1) is 5.92 Å². The average molecular weight is 226 g/mol. The van der Waals surface area contributed by atoms with Crippen LogP contribution in [0.25, 0.3) is 0 Å². The molecule has 1 atom stereocenters. The molecule has 5 heteroatoms. The van der Waals surface area contributed by atoms with Gasteiger partial charge in [-0.25, -0.2) is 4.79 Å². The van der Waals surface area contributed by atoms with Crippen molar-refractivity contribution in [1.29, 1.82) is 0 Å². The van der Waals surface area contributed by atoms with Crippen LogP contribution in [0.4, 0.5) is 0 Å². The quantitative estimate of drug-likeness (QED) is 0.805. The van der Waals surface area contributed by atoms with E-state index in [1.54, 1.807) is 6.20 Å². The molecule has 0 aromatic carbocycles. The highest BCUT2D eigenvalue weighted by Crippen LogP contribution is 2.06. The van der Waals surface area contributed by atoms with Crippen LogP contribution >= 0.6 is 0 Å². The molecule has 0 amide bonds. The highest BCUT2D eigenvalue weighted by Gasteiger charge is 2.07. The molecule has 0 fully saturated rings. The third-order valence-corrected chi connectivity index (χ3v) is 2.62. The summed E-state index contributed by atoms with van der Waals surface area (Å²) in [6.07, 6.45) is 3.26. The molecule has 16 heavy (non-hydrogen) atoms. The maximum absolute atomic E-state index is 11.5. The van der Waals surface area contributed by atoms with Crippen LogP contribution in [0.1, 0.15) is 25.8 Å². The van der Waals surface area contributed by atoms with Crippen molar-refractivity contribution in [2.45, 2.75) is 33.4 Å². The van der Waals surface area contributed by atoms with Crippen molar-refractivity contribution in [2.75, 3.05) is 7.11 Å². The number of aromatic nitrogens is 2. The topological polar surface area (TPSA) is 64.1 Å². The van der Waals surface area contributed by atoms with Gasteiger partial charge in [0.25, 0.3) is 5.56 Å². The summed E-state index contributed by atoms with van der Waals surface area (Å²) in [4.78, 5) is 25.2. The summed E-state index contributed by atoms with van der Waals surface area (Å²) in [6.45, 7) is 4.30. The summed E-state index contributed by atoms with van der Waals surface area (Å²) in [5.74, 6) is 0.426. The Labute approximate surface area is 94.1 Å². The van der Waals surface area contributed by atoms with Crippen LogP contribution in [-0.2, 0) is 17.9 Å². The van der Waals surface area contributed by atoms with Gasteiger partial charge in [-0.05, 0) is 12.3 Å². The zero-order chi connectivity index (χ0) is 12.1. The maximum atomic E-state index is 11.5. The van der Waals surface area contributed by atoms with Gasteiger partial charge in [-0.2, -0.15) is 0 Å². The molecule has 0 aliphatic rings. The van der Waals surface area contributed by atoms with Crippen LogP contribution in [-0.4, -0.2) is 16.7 Å². The molecule has 0 saturated carbocycles. The lowest BCUT2D eigenvalue weighted by molar-refractivity contribution is 0.126. The number of hydrogen-bond acceptors (Lipinski definition) is 3. The molecule has 0 spiro atoms. The Balaban J connectivity index is 3.05. The van der Waals surface area contributed by atoms with Gasteiger partial charge in [0, 0.05) is 18.9 Å². The van der Waals surface area contributed by atoms with Gasteiger partial charge >= 0.3 is 5.69 Å². The highest BCUT2D eigenvalue weighted by molar-refractivity contribution is 5.05. The number of nitrogens with one attached hydrogen (secondary N) is 1. The van der Waals surface area contributed by atoms with Crippen LogP contribution < -0.4 is 11.2 Å². The normalized spacial score (nSPS) is 12.7. The average Bonchev–Trinajstić information content (AvgIpc) is 2.25. The van der Waals surface area contributed by atoms with E-state index in [2.05, 4.69) is 18.8 Å². The molecule has 5 nitrogen and oxygen atoms in total. The second-order valence-corrected chi connectivity index (χ2v) is 4.02. The van der Waals surface area contributed by atoms with E-state index >= 15 is 0 Å². The Bertz CT molecular complexity index is 447. The molecule has 1 aromatic rings. The largest absolute Gasteiger partial charge is 0.364 e. The first-order valence-corrected chi connectivity index (χ1v) is 5.40. The first-order valence-electron chi connectivity index (χ1n) is 5.40. The lowest BCUT2D eigenvalue weighted by Gasteiger charge is -2.09. The van der Waals surface area contributed by atoms with Gasteiger partial charge in [0.05, 0.1) is 0 Å². The van der Waals surface area contributed by atoms with Crippen LogP contribution in [0.15, 0.2) is 15.8 Å². The van der Waals surface area contributed by atoms with Gasteiger partial charge in [0.15, 0.2) is 0 Å². The second-order valence-electron chi connectivity index (χ2n) is 4.02. The van der Waals surface area contributed by atoms with E-state index in [9.17, 15) is 9.59 Å². The van der Waals surface area contributed by atoms with E-state index in [0.717, 1.165) is 6.42 Å². The molecule has 0 radical (unpaired) electrons. The molecule has 90 valence electrons. The zero-order valence-corrected chi connectivity index (χ0v) is 9.95. The number of hydrogen-bond donors (Lipinski definition) is 1. The Morgan fingerprint density at radius 3 is 2.75 bits per heavy atom. The Kier molecular flexibility index (Phi) is 4.49. The smallest absolute Gasteiger partial charge is 0.330 e. The molecular formula is C11H18N2O3. The summed E-state index contributed by atoms with van der Waals surface area (Å²) in [7, 11) is 1.51. The lowest BCUT2D eigenvalue weighted by Crippen LogP contribution is -2.32. The minimum atomic E-state index is -0.431. The number of nitrogens with zero attached hydrogens (tertiary/aromatic N) is 1. The molecule has 0 aliphatic carbocycles. The fraction of sp³-hybridized carbons (Fsp3) is 0.636. The fourth-order valence-electron chi connectivity index (χ4n) is 1.45. The Morgan fingerprint density at radius 2 is 2.19 bits per heavy atom.